The SMILES string of the molecule is CCCOc1nc(=O)[nH]c(=O)[nH]1. The third kappa shape index (κ3) is 2.22. The van der Waals surface area contributed by atoms with Crippen LogP contribution < -0.4 is 16.1 Å². The van der Waals surface area contributed by atoms with Gasteiger partial charge in [0.15, 0.2) is 0 Å². The summed E-state index contributed by atoms with van der Waals surface area (Å²) in [4.78, 5) is 28.8. The lowest BCUT2D eigenvalue weighted by Gasteiger charge is -1.99. The van der Waals surface area contributed by atoms with E-state index in [1.165, 1.54) is 0 Å². The fourth-order valence-corrected chi connectivity index (χ4v) is 0.641. The van der Waals surface area contributed by atoms with Crippen molar-refractivity contribution in [2.24, 2.45) is 0 Å². The minimum absolute atomic E-state index is 0.0365. The number of nitrogens with zero attached hydrogens (tertiary/aromatic N) is 1. The molecule has 0 aliphatic carbocycles. The molecule has 0 saturated heterocycles. The number of ether oxygens (including phenoxy) is 1. The van der Waals surface area contributed by atoms with Crippen LogP contribution in [0.1, 0.15) is 13.3 Å². The van der Waals surface area contributed by atoms with E-state index in [2.05, 4.69) is 9.97 Å². The summed E-state index contributed by atoms with van der Waals surface area (Å²) < 4.78 is 4.93. The van der Waals surface area contributed by atoms with Gasteiger partial charge >= 0.3 is 17.4 Å². The zero-order chi connectivity index (χ0) is 8.97. The van der Waals surface area contributed by atoms with Gasteiger partial charge in [0.1, 0.15) is 0 Å². The van der Waals surface area contributed by atoms with Crippen LogP contribution in [-0.2, 0) is 0 Å². The molecule has 12 heavy (non-hydrogen) atoms. The predicted octanol–water partition coefficient (Wildman–Crippen LogP) is -0.753. The van der Waals surface area contributed by atoms with Crippen LogP contribution in [-0.4, -0.2) is 21.6 Å². The number of H-pyrrole nitrogens is 2. The van der Waals surface area contributed by atoms with Crippen LogP contribution >= 0.6 is 0 Å². The van der Waals surface area contributed by atoms with Crippen molar-refractivity contribution in [2.45, 2.75) is 13.3 Å². The van der Waals surface area contributed by atoms with Crippen LogP contribution in [0.25, 0.3) is 0 Å². The second-order valence-corrected chi connectivity index (χ2v) is 2.15. The number of hydrogen-bond acceptors (Lipinski definition) is 4. The van der Waals surface area contributed by atoms with Crippen molar-refractivity contribution in [1.82, 2.24) is 15.0 Å². The summed E-state index contributed by atoms with van der Waals surface area (Å²) in [6, 6.07) is -0.0365. The van der Waals surface area contributed by atoms with Crippen LogP contribution in [0.2, 0.25) is 0 Å². The highest BCUT2D eigenvalue weighted by atomic mass is 16.5. The maximum Gasteiger partial charge on any atom is 0.353 e. The molecule has 1 aromatic heterocycles. The Morgan fingerprint density at radius 3 is 2.75 bits per heavy atom. The lowest BCUT2D eigenvalue weighted by atomic mass is 10.5. The highest BCUT2D eigenvalue weighted by molar-refractivity contribution is 4.87. The summed E-state index contributed by atoms with van der Waals surface area (Å²) in [6.45, 7) is 2.33. The fourth-order valence-electron chi connectivity index (χ4n) is 0.641. The molecule has 0 spiro atoms. The number of rotatable bonds is 3. The molecule has 0 atom stereocenters. The standard InChI is InChI=1S/C6H9N3O3/c1-2-3-12-6-8-4(10)7-5(11)9-6/h2-3H2,1H3,(H2,7,8,9,10,11). The van der Waals surface area contributed by atoms with Crippen LogP contribution in [0.3, 0.4) is 0 Å². The third-order valence-electron chi connectivity index (χ3n) is 1.09. The summed E-state index contributed by atoms with van der Waals surface area (Å²) in [5.41, 5.74) is -1.31. The molecule has 2 N–H and O–H groups in total. The Kier molecular flexibility index (Phi) is 2.62. The van der Waals surface area contributed by atoms with Crippen LogP contribution in [0, 0.1) is 0 Å². The molecular weight excluding hydrogens is 162 g/mol. The molecule has 0 fully saturated rings. The van der Waals surface area contributed by atoms with Gasteiger partial charge in [0.2, 0.25) is 0 Å². The van der Waals surface area contributed by atoms with Crippen molar-refractivity contribution in [3.63, 3.8) is 0 Å². The zero-order valence-corrected chi connectivity index (χ0v) is 6.59. The molecule has 1 aromatic rings. The molecule has 0 aliphatic heterocycles. The van der Waals surface area contributed by atoms with Gasteiger partial charge in [-0.2, -0.15) is 0 Å². The Bertz CT molecular complexity index is 325. The summed E-state index contributed by atoms with van der Waals surface area (Å²) in [6.07, 6.45) is 0.788. The molecule has 6 heteroatoms. The molecule has 0 radical (unpaired) electrons. The maximum atomic E-state index is 10.6. The lowest BCUT2D eigenvalue weighted by Crippen LogP contribution is -2.25. The van der Waals surface area contributed by atoms with E-state index in [0.29, 0.717) is 6.61 Å². The first-order valence-electron chi connectivity index (χ1n) is 3.56. The predicted molar refractivity (Wildman–Crippen MR) is 41.3 cm³/mol. The van der Waals surface area contributed by atoms with Crippen molar-refractivity contribution in [2.75, 3.05) is 6.61 Å². The minimum Gasteiger partial charge on any atom is -0.465 e. The average Bonchev–Trinajstić information content (AvgIpc) is 1.99. The molecule has 1 rings (SSSR count). The second kappa shape index (κ2) is 3.70. The largest absolute Gasteiger partial charge is 0.465 e. The molecule has 0 aliphatic rings. The highest BCUT2D eigenvalue weighted by Crippen LogP contribution is 1.91. The summed E-state index contributed by atoms with van der Waals surface area (Å²) in [5.74, 6) is 0. The molecule has 0 unspecified atom stereocenters. The summed E-state index contributed by atoms with van der Waals surface area (Å²) >= 11 is 0. The van der Waals surface area contributed by atoms with Gasteiger partial charge in [-0.05, 0) is 6.42 Å². The molecule has 1 heterocycles. The van der Waals surface area contributed by atoms with E-state index in [1.807, 2.05) is 11.9 Å². The monoisotopic (exact) mass is 171 g/mol. The van der Waals surface area contributed by atoms with E-state index < -0.39 is 11.4 Å². The molecule has 0 saturated carbocycles. The topological polar surface area (TPSA) is 87.8 Å². The van der Waals surface area contributed by atoms with Gasteiger partial charge in [-0.3, -0.25) is 9.97 Å². The van der Waals surface area contributed by atoms with Crippen molar-refractivity contribution in [1.29, 1.82) is 0 Å². The smallest absolute Gasteiger partial charge is 0.353 e. The summed E-state index contributed by atoms with van der Waals surface area (Å²) in [5, 5.41) is 0. The molecule has 0 bridgehead atoms. The van der Waals surface area contributed by atoms with Gasteiger partial charge in [0.05, 0.1) is 6.61 Å². The van der Waals surface area contributed by atoms with E-state index >= 15 is 0 Å². The Morgan fingerprint density at radius 2 is 2.17 bits per heavy atom. The highest BCUT2D eigenvalue weighted by Gasteiger charge is 1.96. The minimum atomic E-state index is -0.704. The lowest BCUT2D eigenvalue weighted by molar-refractivity contribution is 0.288. The first-order valence-corrected chi connectivity index (χ1v) is 3.56. The van der Waals surface area contributed by atoms with E-state index in [0.717, 1.165) is 6.42 Å². The van der Waals surface area contributed by atoms with Gasteiger partial charge in [-0.15, -0.1) is 4.98 Å². The fraction of sp³-hybridized carbons (Fsp3) is 0.500. The van der Waals surface area contributed by atoms with E-state index in [-0.39, 0.29) is 6.01 Å². The number of aromatic amines is 2. The third-order valence-corrected chi connectivity index (χ3v) is 1.09. The normalized spacial score (nSPS) is 9.75. The molecule has 0 amide bonds. The Labute approximate surface area is 67.6 Å². The Balaban J connectivity index is 2.86. The van der Waals surface area contributed by atoms with Crippen molar-refractivity contribution in [3.05, 3.63) is 21.0 Å². The first kappa shape index (κ1) is 8.51. The molecular formula is C6H9N3O3. The maximum absolute atomic E-state index is 10.6. The van der Waals surface area contributed by atoms with E-state index in [9.17, 15) is 9.59 Å². The number of aromatic nitrogens is 3. The van der Waals surface area contributed by atoms with Gasteiger partial charge in [-0.25, -0.2) is 9.59 Å². The van der Waals surface area contributed by atoms with Crippen LogP contribution in [0.5, 0.6) is 6.01 Å². The Morgan fingerprint density at radius 1 is 1.42 bits per heavy atom. The van der Waals surface area contributed by atoms with Crippen molar-refractivity contribution >= 4 is 0 Å². The number of nitrogens with one attached hydrogen (secondary N) is 2. The van der Waals surface area contributed by atoms with Crippen LogP contribution in [0.15, 0.2) is 9.59 Å². The summed E-state index contributed by atoms with van der Waals surface area (Å²) in [7, 11) is 0. The van der Waals surface area contributed by atoms with Crippen LogP contribution in [0.4, 0.5) is 0 Å². The van der Waals surface area contributed by atoms with Crippen molar-refractivity contribution < 1.29 is 4.74 Å². The van der Waals surface area contributed by atoms with E-state index in [4.69, 9.17) is 4.74 Å². The Hall–Kier alpha value is -1.59. The quantitative estimate of drug-likeness (QED) is 0.626. The van der Waals surface area contributed by atoms with Gasteiger partial charge < -0.3 is 4.74 Å². The first-order chi connectivity index (χ1) is 5.72. The second-order valence-electron chi connectivity index (χ2n) is 2.15. The van der Waals surface area contributed by atoms with E-state index in [1.54, 1.807) is 0 Å². The van der Waals surface area contributed by atoms with Gasteiger partial charge in [0.25, 0.3) is 0 Å². The number of hydrogen-bond donors (Lipinski definition) is 2. The van der Waals surface area contributed by atoms with Crippen molar-refractivity contribution in [3.8, 4) is 6.01 Å². The zero-order valence-electron chi connectivity index (χ0n) is 6.59. The van der Waals surface area contributed by atoms with Gasteiger partial charge in [-0.1, -0.05) is 6.92 Å². The van der Waals surface area contributed by atoms with Gasteiger partial charge in [0, 0.05) is 0 Å². The molecule has 0 aromatic carbocycles. The average molecular weight is 171 g/mol. The molecule has 6 nitrogen and oxygen atoms in total. The molecule has 66 valence electrons.